The van der Waals surface area contributed by atoms with Gasteiger partial charge in [-0.3, -0.25) is 0 Å². The molecule has 0 amide bonds. The smallest absolute Gasteiger partial charge is 0.248 e. The van der Waals surface area contributed by atoms with E-state index in [9.17, 15) is 0 Å². The van der Waals surface area contributed by atoms with Crippen LogP contribution in [0.1, 0.15) is 0 Å². The molecule has 0 bridgehead atoms. The molecule has 100 valence electrons. The van der Waals surface area contributed by atoms with Crippen molar-refractivity contribution in [3.8, 4) is 28.7 Å². The topological polar surface area (TPSA) is 48.2 Å². The van der Waals surface area contributed by atoms with Gasteiger partial charge in [-0.15, -0.1) is 10.2 Å². The van der Waals surface area contributed by atoms with Crippen LogP contribution < -0.4 is 4.74 Å². The molecule has 0 radical (unpaired) electrons. The van der Waals surface area contributed by atoms with Crippen molar-refractivity contribution in [2.75, 3.05) is 7.11 Å². The summed E-state index contributed by atoms with van der Waals surface area (Å²) in [4.78, 5) is 0. The molecule has 4 nitrogen and oxygen atoms in total. The van der Waals surface area contributed by atoms with Gasteiger partial charge < -0.3 is 9.15 Å². The largest absolute Gasteiger partial charge is 0.497 e. The highest BCUT2D eigenvalue weighted by Crippen LogP contribution is 2.26. The lowest BCUT2D eigenvalue weighted by Crippen LogP contribution is -1.82. The maximum Gasteiger partial charge on any atom is 0.248 e. The molecule has 0 fully saturated rings. The molecule has 0 aliphatic heterocycles. The first-order valence-corrected chi connectivity index (χ1v) is 6.79. The minimum Gasteiger partial charge on any atom is -0.497 e. The number of hydrogen-bond donors (Lipinski definition) is 0. The number of benzene rings is 2. The van der Waals surface area contributed by atoms with Gasteiger partial charge in [0, 0.05) is 15.6 Å². The van der Waals surface area contributed by atoms with E-state index < -0.39 is 0 Å². The van der Waals surface area contributed by atoms with Crippen LogP contribution in [-0.4, -0.2) is 17.3 Å². The molecule has 0 unspecified atom stereocenters. The van der Waals surface area contributed by atoms with Crippen molar-refractivity contribution in [2.45, 2.75) is 0 Å². The monoisotopic (exact) mass is 330 g/mol. The van der Waals surface area contributed by atoms with Crippen molar-refractivity contribution >= 4 is 15.9 Å². The quantitative estimate of drug-likeness (QED) is 0.723. The van der Waals surface area contributed by atoms with Crippen molar-refractivity contribution in [1.29, 1.82) is 0 Å². The van der Waals surface area contributed by atoms with Crippen LogP contribution >= 0.6 is 15.9 Å². The molecule has 5 heteroatoms. The van der Waals surface area contributed by atoms with Gasteiger partial charge in [0.25, 0.3) is 0 Å². The van der Waals surface area contributed by atoms with Crippen LogP contribution in [-0.2, 0) is 0 Å². The molecular formula is C15H11BrN2O2. The lowest BCUT2D eigenvalue weighted by Gasteiger charge is -1.99. The Morgan fingerprint density at radius 3 is 1.85 bits per heavy atom. The van der Waals surface area contributed by atoms with E-state index in [0.29, 0.717) is 11.8 Å². The van der Waals surface area contributed by atoms with E-state index in [0.717, 1.165) is 21.3 Å². The molecule has 0 saturated carbocycles. The fourth-order valence-electron chi connectivity index (χ4n) is 1.78. The molecule has 0 aliphatic carbocycles. The molecule has 2 aromatic carbocycles. The van der Waals surface area contributed by atoms with Gasteiger partial charge in [-0.25, -0.2) is 0 Å². The first-order chi connectivity index (χ1) is 9.76. The SMILES string of the molecule is COc1ccc(-c2nnc(-c3ccc(Br)cc3)o2)cc1. The third-order valence-corrected chi connectivity index (χ3v) is 3.38. The number of hydrogen-bond acceptors (Lipinski definition) is 4. The van der Waals surface area contributed by atoms with Crippen LogP contribution in [0.5, 0.6) is 5.75 Å². The summed E-state index contributed by atoms with van der Waals surface area (Å²) in [6.45, 7) is 0. The highest BCUT2D eigenvalue weighted by atomic mass is 79.9. The summed E-state index contributed by atoms with van der Waals surface area (Å²) < 4.78 is 11.8. The van der Waals surface area contributed by atoms with Crippen molar-refractivity contribution in [1.82, 2.24) is 10.2 Å². The Morgan fingerprint density at radius 1 is 0.850 bits per heavy atom. The Hall–Kier alpha value is -2.14. The van der Waals surface area contributed by atoms with Crippen LogP contribution in [0, 0.1) is 0 Å². The zero-order chi connectivity index (χ0) is 13.9. The standard InChI is InChI=1S/C15H11BrN2O2/c1-19-13-8-4-11(5-9-13)15-18-17-14(20-15)10-2-6-12(16)7-3-10/h2-9H,1H3. The molecule has 1 aromatic heterocycles. The molecule has 0 spiro atoms. The van der Waals surface area contributed by atoms with Crippen LogP contribution in [0.15, 0.2) is 57.4 Å². The molecular weight excluding hydrogens is 320 g/mol. The molecule has 20 heavy (non-hydrogen) atoms. The van der Waals surface area contributed by atoms with Gasteiger partial charge in [0.15, 0.2) is 0 Å². The van der Waals surface area contributed by atoms with Gasteiger partial charge in [-0.2, -0.15) is 0 Å². The van der Waals surface area contributed by atoms with Gasteiger partial charge in [-0.05, 0) is 48.5 Å². The lowest BCUT2D eigenvalue weighted by atomic mass is 10.2. The van der Waals surface area contributed by atoms with Gasteiger partial charge in [0.2, 0.25) is 11.8 Å². The number of ether oxygens (including phenoxy) is 1. The fourth-order valence-corrected chi connectivity index (χ4v) is 2.05. The summed E-state index contributed by atoms with van der Waals surface area (Å²) in [6, 6.07) is 15.2. The second kappa shape index (κ2) is 5.46. The number of halogens is 1. The normalized spacial score (nSPS) is 10.5. The first kappa shape index (κ1) is 12.9. The van der Waals surface area contributed by atoms with E-state index >= 15 is 0 Å². The van der Waals surface area contributed by atoms with E-state index in [2.05, 4.69) is 26.1 Å². The van der Waals surface area contributed by atoms with Gasteiger partial charge in [-0.1, -0.05) is 15.9 Å². The summed E-state index contributed by atoms with van der Waals surface area (Å²) in [7, 11) is 1.63. The number of rotatable bonds is 3. The van der Waals surface area contributed by atoms with E-state index in [4.69, 9.17) is 9.15 Å². The van der Waals surface area contributed by atoms with E-state index in [1.807, 2.05) is 48.5 Å². The van der Waals surface area contributed by atoms with Crippen LogP contribution in [0.4, 0.5) is 0 Å². The predicted octanol–water partition coefficient (Wildman–Crippen LogP) is 4.17. The summed E-state index contributed by atoms with van der Waals surface area (Å²) in [5.74, 6) is 1.79. The Labute approximate surface area is 124 Å². The van der Waals surface area contributed by atoms with E-state index in [1.54, 1.807) is 7.11 Å². The van der Waals surface area contributed by atoms with Crippen molar-refractivity contribution in [2.24, 2.45) is 0 Å². The highest BCUT2D eigenvalue weighted by Gasteiger charge is 2.10. The van der Waals surface area contributed by atoms with Crippen molar-refractivity contribution in [3.63, 3.8) is 0 Å². The summed E-state index contributed by atoms with van der Waals surface area (Å²) in [5.41, 5.74) is 1.75. The molecule has 0 aliphatic rings. The van der Waals surface area contributed by atoms with Crippen molar-refractivity contribution in [3.05, 3.63) is 53.0 Å². The minimum absolute atomic E-state index is 0.491. The zero-order valence-electron chi connectivity index (χ0n) is 10.7. The average Bonchev–Trinajstić information content (AvgIpc) is 2.98. The predicted molar refractivity (Wildman–Crippen MR) is 79.4 cm³/mol. The third-order valence-electron chi connectivity index (χ3n) is 2.85. The maximum absolute atomic E-state index is 5.69. The second-order valence-corrected chi connectivity index (χ2v) is 5.06. The maximum atomic E-state index is 5.69. The Balaban J connectivity index is 1.91. The molecule has 3 rings (SSSR count). The minimum atomic E-state index is 0.491. The number of methoxy groups -OCH3 is 1. The molecule has 0 N–H and O–H groups in total. The van der Waals surface area contributed by atoms with Gasteiger partial charge in [0.05, 0.1) is 7.11 Å². The summed E-state index contributed by atoms with van der Waals surface area (Å²) in [6.07, 6.45) is 0. The molecule has 3 aromatic rings. The zero-order valence-corrected chi connectivity index (χ0v) is 12.3. The number of aromatic nitrogens is 2. The molecule has 0 saturated heterocycles. The lowest BCUT2D eigenvalue weighted by molar-refractivity contribution is 0.415. The number of nitrogens with zero attached hydrogens (tertiary/aromatic N) is 2. The Bertz CT molecular complexity index is 705. The Kier molecular flexibility index (Phi) is 3.52. The van der Waals surface area contributed by atoms with Crippen LogP contribution in [0.2, 0.25) is 0 Å². The van der Waals surface area contributed by atoms with Gasteiger partial charge in [0.1, 0.15) is 5.75 Å². The third kappa shape index (κ3) is 2.58. The summed E-state index contributed by atoms with van der Waals surface area (Å²) >= 11 is 3.39. The van der Waals surface area contributed by atoms with Crippen molar-refractivity contribution < 1.29 is 9.15 Å². The molecule has 1 heterocycles. The van der Waals surface area contributed by atoms with E-state index in [-0.39, 0.29) is 0 Å². The first-order valence-electron chi connectivity index (χ1n) is 6.00. The second-order valence-electron chi connectivity index (χ2n) is 4.15. The van der Waals surface area contributed by atoms with E-state index in [1.165, 1.54) is 0 Å². The van der Waals surface area contributed by atoms with Crippen LogP contribution in [0.3, 0.4) is 0 Å². The van der Waals surface area contributed by atoms with Gasteiger partial charge >= 0.3 is 0 Å². The Morgan fingerprint density at radius 2 is 1.35 bits per heavy atom. The summed E-state index contributed by atoms with van der Waals surface area (Å²) in [5, 5.41) is 8.14. The van der Waals surface area contributed by atoms with Crippen LogP contribution in [0.25, 0.3) is 22.9 Å². The molecule has 0 atom stereocenters. The average molecular weight is 331 g/mol. The fraction of sp³-hybridized carbons (Fsp3) is 0.0667. The highest BCUT2D eigenvalue weighted by molar-refractivity contribution is 9.10.